The summed E-state index contributed by atoms with van der Waals surface area (Å²) < 4.78 is 23.0. The molecule has 116 valence electrons. The molecule has 1 aromatic carbocycles. The summed E-state index contributed by atoms with van der Waals surface area (Å²) in [5, 5.41) is 2.57. The van der Waals surface area contributed by atoms with E-state index in [1.54, 1.807) is 19.9 Å². The van der Waals surface area contributed by atoms with Gasteiger partial charge in [-0.3, -0.25) is 4.79 Å². The van der Waals surface area contributed by atoms with Crippen molar-refractivity contribution in [2.75, 3.05) is 7.11 Å². The highest BCUT2D eigenvalue weighted by Gasteiger charge is 2.27. The maximum atomic E-state index is 13.0. The van der Waals surface area contributed by atoms with E-state index >= 15 is 0 Å². The monoisotopic (exact) mass is 297 g/mol. The maximum Gasteiger partial charge on any atom is 0.328 e. The summed E-state index contributed by atoms with van der Waals surface area (Å²) in [5.74, 6) is -1.31. The molecule has 0 spiro atoms. The van der Waals surface area contributed by atoms with Crippen molar-refractivity contribution in [3.63, 3.8) is 0 Å². The maximum absolute atomic E-state index is 13.0. The number of hydrogen-bond acceptors (Lipinski definition) is 4. The van der Waals surface area contributed by atoms with E-state index in [1.165, 1.54) is 32.2 Å². The van der Waals surface area contributed by atoms with Crippen LogP contribution in [0.3, 0.4) is 0 Å². The zero-order valence-electron chi connectivity index (χ0n) is 12.6. The van der Waals surface area contributed by atoms with E-state index in [4.69, 9.17) is 4.74 Å². The summed E-state index contributed by atoms with van der Waals surface area (Å²) in [5.41, 5.74) is 0. The van der Waals surface area contributed by atoms with Crippen LogP contribution in [0, 0.1) is 11.7 Å². The molecule has 0 unspecified atom stereocenters. The highest BCUT2D eigenvalue weighted by molar-refractivity contribution is 5.87. The lowest BCUT2D eigenvalue weighted by Crippen LogP contribution is -2.49. The van der Waals surface area contributed by atoms with Gasteiger partial charge in [0.2, 0.25) is 0 Å². The normalized spacial score (nSPS) is 13.4. The second-order valence-corrected chi connectivity index (χ2v) is 4.97. The van der Waals surface area contributed by atoms with Gasteiger partial charge in [0, 0.05) is 6.07 Å². The molecule has 0 aliphatic heterocycles. The zero-order valence-corrected chi connectivity index (χ0v) is 12.6. The Morgan fingerprint density at radius 2 is 1.90 bits per heavy atom. The van der Waals surface area contributed by atoms with Gasteiger partial charge in [-0.1, -0.05) is 19.9 Å². The molecule has 1 N–H and O–H groups in total. The van der Waals surface area contributed by atoms with Crippen LogP contribution in [-0.4, -0.2) is 31.1 Å². The van der Waals surface area contributed by atoms with Gasteiger partial charge in [-0.05, 0) is 25.0 Å². The predicted molar refractivity (Wildman–Crippen MR) is 75.3 cm³/mol. The first-order valence-electron chi connectivity index (χ1n) is 6.65. The van der Waals surface area contributed by atoms with Crippen molar-refractivity contribution in [3.8, 4) is 5.75 Å². The Bertz CT molecular complexity index is 504. The fourth-order valence-electron chi connectivity index (χ4n) is 1.69. The van der Waals surface area contributed by atoms with Crippen LogP contribution in [0.2, 0.25) is 0 Å². The molecule has 0 heterocycles. The number of amides is 1. The molecule has 5 nitrogen and oxygen atoms in total. The summed E-state index contributed by atoms with van der Waals surface area (Å²) >= 11 is 0. The zero-order chi connectivity index (χ0) is 16.0. The molecule has 1 rings (SSSR count). The minimum atomic E-state index is -0.863. The Morgan fingerprint density at radius 3 is 2.43 bits per heavy atom. The van der Waals surface area contributed by atoms with Crippen molar-refractivity contribution >= 4 is 11.9 Å². The van der Waals surface area contributed by atoms with E-state index in [1.807, 2.05) is 0 Å². The molecule has 0 aromatic heterocycles. The molecular formula is C15H20FNO4. The molecule has 0 fully saturated rings. The lowest BCUT2D eigenvalue weighted by Gasteiger charge is -2.22. The topological polar surface area (TPSA) is 64.6 Å². The van der Waals surface area contributed by atoms with E-state index in [0.717, 1.165) is 0 Å². The molecule has 1 amide bonds. The van der Waals surface area contributed by atoms with Gasteiger partial charge in [-0.25, -0.2) is 9.18 Å². The summed E-state index contributed by atoms with van der Waals surface area (Å²) in [4.78, 5) is 23.6. The summed E-state index contributed by atoms with van der Waals surface area (Å²) in [6.07, 6.45) is -0.863. The van der Waals surface area contributed by atoms with Gasteiger partial charge in [-0.2, -0.15) is 0 Å². The van der Waals surface area contributed by atoms with Crippen molar-refractivity contribution in [3.05, 3.63) is 30.1 Å². The third kappa shape index (κ3) is 5.06. The molecule has 0 aliphatic rings. The SMILES string of the molecule is COC(=O)[C@H](NC(=O)[C@@H](C)Oc1cccc(F)c1)C(C)C. The van der Waals surface area contributed by atoms with Gasteiger partial charge < -0.3 is 14.8 Å². The number of esters is 1. The second-order valence-electron chi connectivity index (χ2n) is 4.97. The van der Waals surface area contributed by atoms with Crippen LogP contribution in [0.4, 0.5) is 4.39 Å². The lowest BCUT2D eigenvalue weighted by atomic mass is 10.0. The number of hydrogen-bond donors (Lipinski definition) is 1. The minimum Gasteiger partial charge on any atom is -0.481 e. The molecule has 1 aromatic rings. The Balaban J connectivity index is 2.67. The smallest absolute Gasteiger partial charge is 0.328 e. The summed E-state index contributed by atoms with van der Waals surface area (Å²) in [7, 11) is 1.26. The first kappa shape index (κ1) is 16.9. The average Bonchev–Trinajstić information content (AvgIpc) is 2.43. The van der Waals surface area contributed by atoms with E-state index in [-0.39, 0.29) is 11.7 Å². The van der Waals surface area contributed by atoms with Crippen LogP contribution in [-0.2, 0) is 14.3 Å². The number of ether oxygens (including phenoxy) is 2. The van der Waals surface area contributed by atoms with Crippen LogP contribution in [0.15, 0.2) is 24.3 Å². The molecule has 0 saturated heterocycles. The Hall–Kier alpha value is -2.11. The number of rotatable bonds is 6. The Kier molecular flexibility index (Phi) is 6.14. The molecule has 0 radical (unpaired) electrons. The summed E-state index contributed by atoms with van der Waals surface area (Å²) in [6, 6.07) is 4.75. The molecule has 6 heteroatoms. The number of halogens is 1. The van der Waals surface area contributed by atoms with Crippen molar-refractivity contribution in [2.24, 2.45) is 5.92 Å². The minimum absolute atomic E-state index is 0.122. The third-order valence-corrected chi connectivity index (χ3v) is 2.90. The summed E-state index contributed by atoms with van der Waals surface area (Å²) in [6.45, 7) is 5.11. The van der Waals surface area contributed by atoms with Crippen molar-refractivity contribution in [1.82, 2.24) is 5.32 Å². The molecule has 0 bridgehead atoms. The van der Waals surface area contributed by atoms with Crippen molar-refractivity contribution in [1.29, 1.82) is 0 Å². The van der Waals surface area contributed by atoms with Gasteiger partial charge in [0.15, 0.2) is 6.10 Å². The average molecular weight is 297 g/mol. The number of carbonyl (C=O) groups is 2. The number of methoxy groups -OCH3 is 1. The van der Waals surface area contributed by atoms with Crippen LogP contribution in [0.25, 0.3) is 0 Å². The second kappa shape index (κ2) is 7.61. The van der Waals surface area contributed by atoms with E-state index in [0.29, 0.717) is 0 Å². The molecule has 21 heavy (non-hydrogen) atoms. The molecule has 2 atom stereocenters. The fraction of sp³-hybridized carbons (Fsp3) is 0.467. The number of nitrogens with one attached hydrogen (secondary N) is 1. The van der Waals surface area contributed by atoms with Gasteiger partial charge >= 0.3 is 5.97 Å². The lowest BCUT2D eigenvalue weighted by molar-refractivity contribution is -0.147. The predicted octanol–water partition coefficient (Wildman–Crippen LogP) is 1.91. The Labute approximate surface area is 123 Å². The van der Waals surface area contributed by atoms with Crippen LogP contribution in [0.5, 0.6) is 5.75 Å². The number of benzene rings is 1. The highest BCUT2D eigenvalue weighted by atomic mass is 19.1. The van der Waals surface area contributed by atoms with Crippen molar-refractivity contribution < 1.29 is 23.5 Å². The highest BCUT2D eigenvalue weighted by Crippen LogP contribution is 2.14. The van der Waals surface area contributed by atoms with Crippen LogP contribution < -0.4 is 10.1 Å². The molecule has 0 saturated carbocycles. The first-order valence-corrected chi connectivity index (χ1v) is 6.65. The standard InChI is InChI=1S/C15H20FNO4/c1-9(2)13(15(19)20-4)17-14(18)10(3)21-12-7-5-6-11(16)8-12/h5-10,13H,1-4H3,(H,17,18)/t10-,13-/m1/s1. The quantitative estimate of drug-likeness (QED) is 0.815. The van der Waals surface area contributed by atoms with Gasteiger partial charge in [0.25, 0.3) is 5.91 Å². The van der Waals surface area contributed by atoms with Gasteiger partial charge in [0.1, 0.15) is 17.6 Å². The third-order valence-electron chi connectivity index (χ3n) is 2.90. The van der Waals surface area contributed by atoms with E-state index < -0.39 is 29.8 Å². The van der Waals surface area contributed by atoms with Crippen LogP contribution >= 0.6 is 0 Å². The van der Waals surface area contributed by atoms with E-state index in [2.05, 4.69) is 10.1 Å². The molecule has 0 aliphatic carbocycles. The number of carbonyl (C=O) groups excluding carboxylic acids is 2. The Morgan fingerprint density at radius 1 is 1.24 bits per heavy atom. The first-order chi connectivity index (χ1) is 9.85. The van der Waals surface area contributed by atoms with E-state index in [9.17, 15) is 14.0 Å². The van der Waals surface area contributed by atoms with Gasteiger partial charge in [0.05, 0.1) is 7.11 Å². The molecular weight excluding hydrogens is 277 g/mol. The van der Waals surface area contributed by atoms with Gasteiger partial charge in [-0.15, -0.1) is 0 Å². The largest absolute Gasteiger partial charge is 0.481 e. The van der Waals surface area contributed by atoms with Crippen LogP contribution in [0.1, 0.15) is 20.8 Å². The van der Waals surface area contributed by atoms with Crippen molar-refractivity contribution in [2.45, 2.75) is 32.9 Å². The fourth-order valence-corrected chi connectivity index (χ4v) is 1.69.